The molecule has 1 aromatic heterocycles. The van der Waals surface area contributed by atoms with Gasteiger partial charge in [0.1, 0.15) is 6.54 Å². The number of benzene rings is 3. The fourth-order valence-electron chi connectivity index (χ4n) is 3.73. The average Bonchev–Trinajstić information content (AvgIpc) is 3.27. The van der Waals surface area contributed by atoms with Crippen molar-refractivity contribution >= 4 is 17.8 Å². The Labute approximate surface area is 199 Å². The lowest BCUT2D eigenvalue weighted by Crippen LogP contribution is -2.38. The van der Waals surface area contributed by atoms with Gasteiger partial charge in [-0.1, -0.05) is 60.2 Å². The summed E-state index contributed by atoms with van der Waals surface area (Å²) in [5, 5.41) is 2.92. The zero-order valence-corrected chi connectivity index (χ0v) is 19.7. The number of hydrogen-bond donors (Lipinski definition) is 1. The Kier molecular flexibility index (Phi) is 6.87. The Balaban J connectivity index is 1.59. The second-order valence-corrected chi connectivity index (χ2v) is 8.26. The molecule has 34 heavy (non-hydrogen) atoms. The van der Waals surface area contributed by atoms with Crippen molar-refractivity contribution in [2.24, 2.45) is 0 Å². The first-order chi connectivity index (χ1) is 16.4. The number of nitrogens with zero attached hydrogens (tertiary/aromatic N) is 3. The Bertz CT molecular complexity index is 1290. The highest BCUT2D eigenvalue weighted by Crippen LogP contribution is 2.24. The maximum atomic E-state index is 13.0. The summed E-state index contributed by atoms with van der Waals surface area (Å²) < 4.78 is 1.87. The number of anilines is 1. The molecule has 3 aromatic carbocycles. The third kappa shape index (κ3) is 5.23. The Hall–Kier alpha value is -4.19. The van der Waals surface area contributed by atoms with E-state index >= 15 is 0 Å². The fraction of sp³-hybridized carbons (Fsp3) is 0.179. The summed E-state index contributed by atoms with van der Waals surface area (Å²) in [6.45, 7) is 6.21. The van der Waals surface area contributed by atoms with E-state index < -0.39 is 0 Å². The van der Waals surface area contributed by atoms with Crippen LogP contribution in [0.4, 0.5) is 5.95 Å². The van der Waals surface area contributed by atoms with Crippen molar-refractivity contribution in [2.45, 2.75) is 20.8 Å². The number of rotatable bonds is 7. The van der Waals surface area contributed by atoms with Crippen LogP contribution in [0.15, 0.2) is 85.1 Å². The lowest BCUT2D eigenvalue weighted by atomic mass is 10.1. The summed E-state index contributed by atoms with van der Waals surface area (Å²) in [7, 11) is 0. The number of amides is 2. The highest BCUT2D eigenvalue weighted by Gasteiger charge is 2.20. The lowest BCUT2D eigenvalue weighted by Gasteiger charge is -2.20. The summed E-state index contributed by atoms with van der Waals surface area (Å²) >= 11 is 0. The van der Waals surface area contributed by atoms with E-state index in [-0.39, 0.29) is 18.4 Å². The standard InChI is InChI=1S/C28H28N4O2/c1-4-31(27(34)23-15-13-20(2)14-16-23)19-26(33)30-28-29-25(22-10-6-5-7-11-22)18-32(28)24-12-8-9-21(3)17-24/h5-18H,4,19H2,1-3H3,(H,29,30,33). The first-order valence-corrected chi connectivity index (χ1v) is 11.3. The zero-order chi connectivity index (χ0) is 24.1. The molecule has 0 saturated heterocycles. The predicted molar refractivity (Wildman–Crippen MR) is 135 cm³/mol. The quantitative estimate of drug-likeness (QED) is 0.416. The number of hydrogen-bond acceptors (Lipinski definition) is 3. The largest absolute Gasteiger partial charge is 0.330 e. The van der Waals surface area contributed by atoms with Crippen molar-refractivity contribution in [3.63, 3.8) is 0 Å². The number of carbonyl (C=O) groups excluding carboxylic acids is 2. The molecule has 0 spiro atoms. The molecule has 0 atom stereocenters. The predicted octanol–water partition coefficient (Wildman–Crippen LogP) is 5.26. The van der Waals surface area contributed by atoms with E-state index in [0.717, 1.165) is 28.1 Å². The molecule has 0 fully saturated rings. The van der Waals surface area contributed by atoms with E-state index in [1.54, 1.807) is 12.1 Å². The van der Waals surface area contributed by atoms with Crippen molar-refractivity contribution in [2.75, 3.05) is 18.4 Å². The van der Waals surface area contributed by atoms with Crippen LogP contribution in [-0.2, 0) is 4.79 Å². The normalized spacial score (nSPS) is 10.7. The van der Waals surface area contributed by atoms with Crippen LogP contribution in [0.1, 0.15) is 28.4 Å². The van der Waals surface area contributed by atoms with Gasteiger partial charge in [0.15, 0.2) is 0 Å². The molecule has 0 aliphatic rings. The molecule has 4 rings (SSSR count). The van der Waals surface area contributed by atoms with Crippen LogP contribution in [0.25, 0.3) is 16.9 Å². The Morgan fingerprint density at radius 1 is 0.912 bits per heavy atom. The molecular weight excluding hydrogens is 424 g/mol. The molecule has 2 amide bonds. The highest BCUT2D eigenvalue weighted by atomic mass is 16.2. The molecule has 6 nitrogen and oxygen atoms in total. The van der Waals surface area contributed by atoms with Gasteiger partial charge >= 0.3 is 0 Å². The highest BCUT2D eigenvalue weighted by molar-refractivity contribution is 5.99. The molecule has 1 heterocycles. The summed E-state index contributed by atoms with van der Waals surface area (Å²) in [4.78, 5) is 32.2. The first kappa shape index (κ1) is 23.0. The first-order valence-electron chi connectivity index (χ1n) is 11.3. The monoisotopic (exact) mass is 452 g/mol. The van der Waals surface area contributed by atoms with Crippen molar-refractivity contribution in [1.29, 1.82) is 0 Å². The van der Waals surface area contributed by atoms with Gasteiger partial charge in [-0.05, 0) is 50.6 Å². The molecule has 6 heteroatoms. The Morgan fingerprint density at radius 3 is 2.32 bits per heavy atom. The molecule has 0 saturated carbocycles. The van der Waals surface area contributed by atoms with E-state index in [1.165, 1.54) is 4.90 Å². The minimum absolute atomic E-state index is 0.0649. The fourth-order valence-corrected chi connectivity index (χ4v) is 3.73. The van der Waals surface area contributed by atoms with Gasteiger partial charge in [-0.2, -0.15) is 0 Å². The van der Waals surface area contributed by atoms with Crippen molar-refractivity contribution in [3.05, 3.63) is 102 Å². The SMILES string of the molecule is CCN(CC(=O)Nc1nc(-c2ccccc2)cn1-c1cccc(C)c1)C(=O)c1ccc(C)cc1. The number of carbonyl (C=O) groups is 2. The molecule has 0 aliphatic heterocycles. The topological polar surface area (TPSA) is 67.2 Å². The van der Waals surface area contributed by atoms with Crippen molar-refractivity contribution < 1.29 is 9.59 Å². The zero-order valence-electron chi connectivity index (χ0n) is 19.7. The molecular formula is C28H28N4O2. The molecule has 4 aromatic rings. The molecule has 0 unspecified atom stereocenters. The van der Waals surface area contributed by atoms with Crippen LogP contribution in [0, 0.1) is 13.8 Å². The third-order valence-electron chi connectivity index (χ3n) is 5.61. The van der Waals surface area contributed by atoms with E-state index in [9.17, 15) is 9.59 Å². The van der Waals surface area contributed by atoms with Crippen molar-refractivity contribution in [1.82, 2.24) is 14.5 Å². The molecule has 0 radical (unpaired) electrons. The minimum Gasteiger partial charge on any atom is -0.330 e. The van der Waals surface area contributed by atoms with Gasteiger partial charge in [-0.15, -0.1) is 0 Å². The number of aryl methyl sites for hydroxylation is 2. The smallest absolute Gasteiger partial charge is 0.254 e. The summed E-state index contributed by atoms with van der Waals surface area (Å²) in [6, 6.07) is 25.2. The minimum atomic E-state index is -0.304. The Morgan fingerprint density at radius 2 is 1.65 bits per heavy atom. The summed E-state index contributed by atoms with van der Waals surface area (Å²) in [5.74, 6) is -0.0700. The maximum absolute atomic E-state index is 13.0. The number of nitrogens with one attached hydrogen (secondary N) is 1. The molecule has 172 valence electrons. The summed E-state index contributed by atoms with van der Waals surface area (Å²) in [5.41, 5.74) is 5.34. The second kappa shape index (κ2) is 10.2. The van der Waals surface area contributed by atoms with Gasteiger partial charge in [0.05, 0.1) is 5.69 Å². The number of likely N-dealkylation sites (N-methyl/N-ethyl adjacent to an activating group) is 1. The molecule has 0 aliphatic carbocycles. The maximum Gasteiger partial charge on any atom is 0.254 e. The lowest BCUT2D eigenvalue weighted by molar-refractivity contribution is -0.116. The van der Waals surface area contributed by atoms with Gasteiger partial charge in [0.2, 0.25) is 11.9 Å². The van der Waals surface area contributed by atoms with E-state index in [2.05, 4.69) is 5.32 Å². The van der Waals surface area contributed by atoms with Gasteiger partial charge in [0, 0.05) is 29.6 Å². The number of aromatic nitrogens is 2. The second-order valence-electron chi connectivity index (χ2n) is 8.26. The van der Waals surface area contributed by atoms with Crippen LogP contribution in [0.5, 0.6) is 0 Å². The van der Waals surface area contributed by atoms with Gasteiger partial charge < -0.3 is 4.90 Å². The molecule has 0 bridgehead atoms. The van der Waals surface area contributed by atoms with Crippen LogP contribution < -0.4 is 5.32 Å². The molecule has 1 N–H and O–H groups in total. The number of imidazole rings is 1. The third-order valence-corrected chi connectivity index (χ3v) is 5.61. The van der Waals surface area contributed by atoms with Gasteiger partial charge in [-0.25, -0.2) is 4.98 Å². The van der Waals surface area contributed by atoms with Gasteiger partial charge in [-0.3, -0.25) is 19.5 Å². The summed E-state index contributed by atoms with van der Waals surface area (Å²) in [6.07, 6.45) is 1.91. The average molecular weight is 453 g/mol. The van der Waals surface area contributed by atoms with Crippen LogP contribution in [0.2, 0.25) is 0 Å². The van der Waals surface area contributed by atoms with Crippen LogP contribution in [0.3, 0.4) is 0 Å². The van der Waals surface area contributed by atoms with E-state index in [4.69, 9.17) is 4.98 Å². The van der Waals surface area contributed by atoms with E-state index in [1.807, 2.05) is 98.3 Å². The van der Waals surface area contributed by atoms with Crippen LogP contribution in [-0.4, -0.2) is 39.4 Å². The van der Waals surface area contributed by atoms with Crippen LogP contribution >= 0.6 is 0 Å². The van der Waals surface area contributed by atoms with Gasteiger partial charge in [0.25, 0.3) is 5.91 Å². The van der Waals surface area contributed by atoms with Crippen molar-refractivity contribution in [3.8, 4) is 16.9 Å². The van der Waals surface area contributed by atoms with E-state index in [0.29, 0.717) is 18.1 Å².